The third kappa shape index (κ3) is 2.49. The fourth-order valence-electron chi connectivity index (χ4n) is 1.58. The summed E-state index contributed by atoms with van der Waals surface area (Å²) in [6.45, 7) is 1.74. The van der Waals surface area contributed by atoms with Crippen molar-refractivity contribution < 1.29 is 9.59 Å². The number of carbonyl (C=O) groups is 2. The van der Waals surface area contributed by atoms with Gasteiger partial charge in [0, 0.05) is 10.4 Å². The van der Waals surface area contributed by atoms with Gasteiger partial charge in [-0.15, -0.1) is 11.3 Å². The molecule has 3 nitrogen and oxygen atoms in total. The predicted octanol–water partition coefficient (Wildman–Crippen LogP) is 2.57. The summed E-state index contributed by atoms with van der Waals surface area (Å²) in [5, 5.41) is 0. The number of nitrogens with two attached hydrogens (primary N) is 1. The van der Waals surface area contributed by atoms with E-state index in [4.69, 9.17) is 5.73 Å². The number of primary amides is 1. The smallest absolute Gasteiger partial charge is 0.225 e. The Balaban J connectivity index is 2.26. The van der Waals surface area contributed by atoms with Crippen LogP contribution in [0.1, 0.15) is 33.0 Å². The normalized spacial score (nSPS) is 12.1. The van der Waals surface area contributed by atoms with Gasteiger partial charge in [0.2, 0.25) is 11.7 Å². The topological polar surface area (TPSA) is 60.2 Å². The molecule has 0 radical (unpaired) electrons. The predicted molar refractivity (Wildman–Crippen MR) is 71.8 cm³/mol. The molecule has 4 heteroatoms. The average molecular weight is 259 g/mol. The maximum absolute atomic E-state index is 12.1. The molecule has 1 heterocycles. The maximum atomic E-state index is 12.1. The second-order valence-electron chi connectivity index (χ2n) is 4.02. The minimum absolute atomic E-state index is 0.0245. The zero-order chi connectivity index (χ0) is 13.1. The van der Waals surface area contributed by atoms with E-state index in [0.717, 1.165) is 4.88 Å². The van der Waals surface area contributed by atoms with Gasteiger partial charge in [-0.05, 0) is 19.1 Å². The highest BCUT2D eigenvalue weighted by Gasteiger charge is 2.17. The van der Waals surface area contributed by atoms with Crippen molar-refractivity contribution in [2.24, 2.45) is 5.73 Å². The second-order valence-corrected chi connectivity index (χ2v) is 5.14. The summed E-state index contributed by atoms with van der Waals surface area (Å²) in [6, 6.07) is 12.6. The molecule has 0 fully saturated rings. The van der Waals surface area contributed by atoms with E-state index in [-0.39, 0.29) is 17.6 Å². The van der Waals surface area contributed by atoms with E-state index >= 15 is 0 Å². The van der Waals surface area contributed by atoms with Gasteiger partial charge in [0.05, 0.1) is 10.8 Å². The van der Waals surface area contributed by atoms with Crippen molar-refractivity contribution in [2.45, 2.75) is 12.8 Å². The first kappa shape index (κ1) is 12.5. The number of rotatable bonds is 4. The van der Waals surface area contributed by atoms with E-state index < -0.39 is 0 Å². The molecule has 1 amide bonds. The molecule has 2 aromatic rings. The van der Waals surface area contributed by atoms with E-state index in [0.29, 0.717) is 10.4 Å². The van der Waals surface area contributed by atoms with Crippen molar-refractivity contribution in [1.82, 2.24) is 0 Å². The Bertz CT molecular complexity index is 574. The first-order valence-corrected chi connectivity index (χ1v) is 6.40. The standard InChI is InChI=1S/C14H13NO2S/c1-9(14(15)17)11-7-8-12(18-11)13(16)10-5-3-2-4-6-10/h2-9H,1H3,(H2,15,17). The molecule has 18 heavy (non-hydrogen) atoms. The zero-order valence-corrected chi connectivity index (χ0v) is 10.7. The third-order valence-corrected chi connectivity index (χ3v) is 4.01. The van der Waals surface area contributed by atoms with Crippen molar-refractivity contribution in [1.29, 1.82) is 0 Å². The lowest BCUT2D eigenvalue weighted by molar-refractivity contribution is -0.119. The summed E-state index contributed by atoms with van der Waals surface area (Å²) >= 11 is 1.32. The van der Waals surface area contributed by atoms with Crippen LogP contribution < -0.4 is 5.73 Å². The highest BCUT2D eigenvalue weighted by atomic mass is 32.1. The third-order valence-electron chi connectivity index (χ3n) is 2.74. The lowest BCUT2D eigenvalue weighted by atomic mass is 10.1. The molecule has 2 N–H and O–H groups in total. The Morgan fingerprint density at radius 3 is 2.39 bits per heavy atom. The number of carbonyl (C=O) groups excluding carboxylic acids is 2. The highest BCUT2D eigenvalue weighted by Crippen LogP contribution is 2.26. The Labute approximate surface area is 109 Å². The van der Waals surface area contributed by atoms with Crippen molar-refractivity contribution in [3.05, 3.63) is 57.8 Å². The molecule has 0 spiro atoms. The van der Waals surface area contributed by atoms with Crippen LogP contribution in [0.3, 0.4) is 0 Å². The van der Waals surface area contributed by atoms with Crippen LogP contribution in [0.5, 0.6) is 0 Å². The van der Waals surface area contributed by atoms with Gasteiger partial charge in [-0.2, -0.15) is 0 Å². The van der Waals surface area contributed by atoms with Gasteiger partial charge < -0.3 is 5.73 Å². The van der Waals surface area contributed by atoms with Gasteiger partial charge in [-0.25, -0.2) is 0 Å². The zero-order valence-electron chi connectivity index (χ0n) is 9.92. The van der Waals surface area contributed by atoms with Crippen LogP contribution in [-0.4, -0.2) is 11.7 Å². The first-order valence-electron chi connectivity index (χ1n) is 5.58. The van der Waals surface area contributed by atoms with Crippen molar-refractivity contribution in [2.75, 3.05) is 0 Å². The lowest BCUT2D eigenvalue weighted by Crippen LogP contribution is -2.17. The SMILES string of the molecule is CC(C(N)=O)c1ccc(C(=O)c2ccccc2)s1. The number of benzene rings is 1. The monoisotopic (exact) mass is 259 g/mol. The van der Waals surface area contributed by atoms with E-state index in [1.54, 1.807) is 31.2 Å². The van der Waals surface area contributed by atoms with Crippen molar-refractivity contribution in [3.8, 4) is 0 Å². The molecule has 1 unspecified atom stereocenters. The first-order chi connectivity index (χ1) is 8.59. The van der Waals surface area contributed by atoms with E-state index in [1.165, 1.54) is 11.3 Å². The molecule has 0 aliphatic carbocycles. The number of thiophene rings is 1. The molecule has 0 saturated heterocycles. The number of hydrogen-bond donors (Lipinski definition) is 1. The molecule has 0 bridgehead atoms. The fourth-order valence-corrected chi connectivity index (χ4v) is 2.61. The molecule has 1 aromatic heterocycles. The largest absolute Gasteiger partial charge is 0.369 e. The molecule has 1 aromatic carbocycles. The van der Waals surface area contributed by atoms with Crippen molar-refractivity contribution >= 4 is 23.0 Å². The van der Waals surface area contributed by atoms with Crippen LogP contribution in [-0.2, 0) is 4.79 Å². The van der Waals surface area contributed by atoms with Crippen LogP contribution in [0.4, 0.5) is 0 Å². The molecule has 0 saturated carbocycles. The quantitative estimate of drug-likeness (QED) is 0.858. The highest BCUT2D eigenvalue weighted by molar-refractivity contribution is 7.14. The molecule has 92 valence electrons. The van der Waals surface area contributed by atoms with Gasteiger partial charge in [0.25, 0.3) is 0 Å². The summed E-state index contributed by atoms with van der Waals surface area (Å²) in [6.07, 6.45) is 0. The fraction of sp³-hybridized carbons (Fsp3) is 0.143. The minimum Gasteiger partial charge on any atom is -0.369 e. The Morgan fingerprint density at radius 1 is 1.11 bits per heavy atom. The van der Waals surface area contributed by atoms with E-state index in [2.05, 4.69) is 0 Å². The number of amides is 1. The van der Waals surface area contributed by atoms with Gasteiger partial charge >= 0.3 is 0 Å². The van der Waals surface area contributed by atoms with Crippen LogP contribution in [0.2, 0.25) is 0 Å². The average Bonchev–Trinajstić information content (AvgIpc) is 2.87. The van der Waals surface area contributed by atoms with E-state index in [9.17, 15) is 9.59 Å². The number of hydrogen-bond acceptors (Lipinski definition) is 3. The molecule has 2 rings (SSSR count). The van der Waals surface area contributed by atoms with Gasteiger partial charge in [-0.1, -0.05) is 30.3 Å². The van der Waals surface area contributed by atoms with Crippen molar-refractivity contribution in [3.63, 3.8) is 0 Å². The van der Waals surface area contributed by atoms with E-state index in [1.807, 2.05) is 18.2 Å². The molecule has 1 atom stereocenters. The molecule has 0 aliphatic rings. The summed E-state index contributed by atoms with van der Waals surface area (Å²) in [4.78, 5) is 24.7. The Kier molecular flexibility index (Phi) is 3.58. The van der Waals surface area contributed by atoms with Crippen LogP contribution in [0.25, 0.3) is 0 Å². The molecular weight excluding hydrogens is 246 g/mol. The maximum Gasteiger partial charge on any atom is 0.225 e. The Morgan fingerprint density at radius 2 is 1.78 bits per heavy atom. The summed E-state index contributed by atoms with van der Waals surface area (Å²) in [5.74, 6) is -0.758. The van der Waals surface area contributed by atoms with Gasteiger partial charge in [0.1, 0.15) is 0 Å². The second kappa shape index (κ2) is 5.14. The molecular formula is C14H13NO2S. The molecule has 0 aliphatic heterocycles. The van der Waals surface area contributed by atoms with Crippen LogP contribution >= 0.6 is 11.3 Å². The van der Waals surface area contributed by atoms with Gasteiger partial charge in [-0.3, -0.25) is 9.59 Å². The van der Waals surface area contributed by atoms with Crippen LogP contribution in [0.15, 0.2) is 42.5 Å². The lowest BCUT2D eigenvalue weighted by Gasteiger charge is -2.02. The van der Waals surface area contributed by atoms with Gasteiger partial charge in [0.15, 0.2) is 0 Å². The summed E-state index contributed by atoms with van der Waals surface area (Å²) in [5.41, 5.74) is 5.90. The van der Waals surface area contributed by atoms with Crippen LogP contribution in [0, 0.1) is 0 Å². The summed E-state index contributed by atoms with van der Waals surface area (Å²) < 4.78 is 0. The summed E-state index contributed by atoms with van der Waals surface area (Å²) in [7, 11) is 0. The number of ketones is 1. The minimum atomic E-state index is -0.379. The Hall–Kier alpha value is -1.94.